The minimum atomic E-state index is -4.15. The van der Waals surface area contributed by atoms with Gasteiger partial charge in [0.05, 0.1) is 107 Å². The summed E-state index contributed by atoms with van der Waals surface area (Å²) in [5, 5.41) is 271. The molecule has 0 aromatic heterocycles. The molecule has 30 unspecified atom stereocenters. The summed E-state index contributed by atoms with van der Waals surface area (Å²) >= 11 is 0. The SMILES string of the molecule is CC(C)N(CC(=O)NCCS(C)(=O)=O)CC(=O)NCCS(=O)(=O)O.CC(C)[C@H]1O[C@H](CO)[C@@H](O[C@H]2O[C@H](CO)[C@@H](C)[C@H](O)[C@H]2O)[C@H](O)[C@H]1O.CCC1OC2OC3C(CO)OC(OC4C(CO)OC(OC5C(CO)OC(OC6C(CO)OC(OC7C(CC(C)C)OC(OC1C(O)C2O)C(O)C7O)C(O)C6O)C(O)C5O)C(O)C4O)C(O)C3O.CCCCC(C)C.CC[C@H]1O[C@@H](C(C)C)[C@H](O)[C@@H](O)[C@H]1O. The second-order valence-corrected chi connectivity index (χ2v) is 42.0. The van der Waals surface area contributed by atoms with E-state index >= 15 is 0 Å². The van der Waals surface area contributed by atoms with E-state index < -0.39 is 340 Å². The Labute approximate surface area is 802 Å². The molecule has 0 saturated carbocycles. The zero-order valence-corrected chi connectivity index (χ0v) is 82.1. The van der Waals surface area contributed by atoms with E-state index in [1.54, 1.807) is 46.4 Å². The van der Waals surface area contributed by atoms with Crippen molar-refractivity contribution in [3.8, 4) is 0 Å². The molecule has 0 aromatic carbocycles. The number of aliphatic hydroxyl groups excluding tert-OH is 25. The lowest BCUT2D eigenvalue weighted by Gasteiger charge is -2.51. The van der Waals surface area contributed by atoms with E-state index in [1.807, 2.05) is 34.6 Å². The summed E-state index contributed by atoms with van der Waals surface area (Å²) in [5.74, 6) is -1.44. The summed E-state index contributed by atoms with van der Waals surface area (Å²) in [6.07, 6.45) is -62.4. The highest BCUT2D eigenvalue weighted by Crippen LogP contribution is 2.41. The van der Waals surface area contributed by atoms with Gasteiger partial charge in [0.1, 0.15) is 193 Å². The molecule has 28 N–H and O–H groups in total. The van der Waals surface area contributed by atoms with Crippen molar-refractivity contribution in [3.63, 3.8) is 0 Å². The van der Waals surface area contributed by atoms with Crippen LogP contribution in [0, 0.1) is 29.6 Å². The maximum atomic E-state index is 11.8. The Bertz CT molecular complexity index is 3650. The van der Waals surface area contributed by atoms with E-state index in [1.165, 1.54) is 19.3 Å². The van der Waals surface area contributed by atoms with E-state index in [0.717, 1.165) is 12.2 Å². The number of hydrogen-bond acceptors (Lipinski definition) is 48. The first-order valence-corrected chi connectivity index (χ1v) is 50.7. The Balaban J connectivity index is 0.000000337. The van der Waals surface area contributed by atoms with Crippen molar-refractivity contribution < 1.29 is 234 Å². The molecule has 25 heterocycles. The van der Waals surface area contributed by atoms with Crippen LogP contribution >= 0.6 is 0 Å². The minimum Gasteiger partial charge on any atom is -0.394 e. The van der Waals surface area contributed by atoms with Gasteiger partial charge < -0.3 is 214 Å². The Morgan fingerprint density at radius 1 is 0.348 bits per heavy atom. The van der Waals surface area contributed by atoms with Crippen LogP contribution in [0.25, 0.3) is 0 Å². The van der Waals surface area contributed by atoms with Crippen LogP contribution in [0.3, 0.4) is 0 Å². The summed E-state index contributed by atoms with van der Waals surface area (Å²) in [6, 6.07) is -0.141. The normalized spacial score (nSPS) is 42.7. The average Bonchev–Trinajstić information content (AvgIpc) is 0.776. The van der Waals surface area contributed by atoms with Crippen LogP contribution in [0.15, 0.2) is 0 Å². The molecule has 25 aliphatic rings. The van der Waals surface area contributed by atoms with Gasteiger partial charge in [-0.1, -0.05) is 102 Å². The molecular weight excluding hydrogens is 1900 g/mol. The van der Waals surface area contributed by atoms with Gasteiger partial charge >= 0.3 is 0 Å². The fraction of sp³-hybridized carbons (Fsp3) is 0.976. The van der Waals surface area contributed by atoms with Gasteiger partial charge in [-0.2, -0.15) is 8.42 Å². The predicted octanol–water partition coefficient (Wildman–Crippen LogP) is -11.4. The Hall–Kier alpha value is -2.88. The van der Waals surface area contributed by atoms with Crippen LogP contribution in [0.4, 0.5) is 0 Å². The van der Waals surface area contributed by atoms with Gasteiger partial charge in [-0.05, 0) is 56.8 Å². The summed E-state index contributed by atoms with van der Waals surface area (Å²) in [6.45, 7) is 21.4. The van der Waals surface area contributed by atoms with Gasteiger partial charge in [-0.25, -0.2) is 8.42 Å². The van der Waals surface area contributed by atoms with E-state index in [9.17, 15) is 154 Å². The van der Waals surface area contributed by atoms with Gasteiger partial charge in [0.2, 0.25) is 11.8 Å². The Morgan fingerprint density at radius 2 is 0.667 bits per heavy atom. The molecule has 0 spiro atoms. The van der Waals surface area contributed by atoms with Crippen LogP contribution in [0.2, 0.25) is 0 Å². The number of unbranched alkanes of at least 4 members (excludes halogenated alkanes) is 1. The average molecular weight is 2060 g/mol. The summed E-state index contributed by atoms with van der Waals surface area (Å²) in [5.41, 5.74) is 0. The molecule has 0 aromatic rings. The van der Waals surface area contributed by atoms with Crippen molar-refractivity contribution in [3.05, 3.63) is 0 Å². The number of nitrogens with one attached hydrogen (secondary N) is 2. The van der Waals surface area contributed by atoms with Crippen molar-refractivity contribution >= 4 is 31.8 Å². The van der Waals surface area contributed by atoms with Crippen LogP contribution in [-0.2, 0) is 105 Å². The minimum absolute atomic E-state index is 0.00976. The smallest absolute Gasteiger partial charge is 0.266 e. The summed E-state index contributed by atoms with van der Waals surface area (Å²) < 4.78 is 144. The molecule has 25 rings (SSSR count). The fourth-order valence-corrected chi connectivity index (χ4v) is 17.9. The number of nitrogens with zero attached hydrogens (tertiary/aromatic N) is 1. The van der Waals surface area contributed by atoms with Gasteiger partial charge in [0, 0.05) is 31.3 Å². The van der Waals surface area contributed by atoms with E-state index in [2.05, 4.69) is 31.4 Å². The van der Waals surface area contributed by atoms with Gasteiger partial charge in [0.25, 0.3) is 10.1 Å². The third-order valence-corrected chi connectivity index (χ3v) is 27.0. The standard InChI is InChI=1S/C40H68O28.C16H30O9.C12H25N3O7S2.C10H20O4.C7H16/c1-4-11-29-17(45)23(51)35(57-11)65-31-13(6-41)60-38(26(54)20(31)48)67-33-15(8-43)62-40(28(56)22(33)50)68-34-16(9-44)61-39(27(55)21(34)49)66-32-14(7-42)59-37(25(53)19(32)47)64-30-12(5-10(2)3)58-36(63-29)24(52)18(30)46;1-6(2)14-11(20)12(21)15(9(5-18)23-14)25-16-13(22)10(19)7(3)8(4-17)24-16;1-10(2)15(8-11(16)13-4-6-23(3,18)19)9-12(17)14-5-7-24(20,21)22;1-4-6-7(11)8(12)9(13)10(14-6)5(2)3;1-4-5-6-7(2)3/h10-56H,4-9H2,1-3H3;6-22H,4-5H2,1-3H3;10H,4-9H2,1-3H3,(H,13,16)(H,14,17)(H,20,21,22);5-13H,4H2,1-3H3;7H,4-6H2,1-3H3/t;7-,8-,9-,10+,11-,12-,13-,14-,15-,16-;;6-,7+,8+,9-,10+;/m.1.1./s1. The highest BCUT2D eigenvalue weighted by Gasteiger charge is 2.60. The zero-order valence-electron chi connectivity index (χ0n) is 80.5. The van der Waals surface area contributed by atoms with Crippen molar-refractivity contribution in [2.75, 3.05) is 83.6 Å². The van der Waals surface area contributed by atoms with Crippen molar-refractivity contribution in [2.24, 2.45) is 29.6 Å². The molecule has 51 nitrogen and oxygen atoms in total. The van der Waals surface area contributed by atoms with E-state index in [0.29, 0.717) is 6.42 Å². The highest BCUT2D eigenvalue weighted by atomic mass is 32.2. The lowest BCUT2D eigenvalue weighted by molar-refractivity contribution is -0.403. The quantitative estimate of drug-likeness (QED) is 0.0324. The predicted molar refractivity (Wildman–Crippen MR) is 471 cm³/mol. The zero-order chi connectivity index (χ0) is 104. The van der Waals surface area contributed by atoms with E-state index in [4.69, 9.17) is 80.3 Å². The lowest BCUT2D eigenvalue weighted by Crippen LogP contribution is -2.68. The number of sulfone groups is 1. The highest BCUT2D eigenvalue weighted by molar-refractivity contribution is 7.90. The molecule has 12 bridgehead atoms. The maximum Gasteiger partial charge on any atom is 0.266 e. The molecule has 53 heteroatoms. The molecule has 45 atom stereocenters. The summed E-state index contributed by atoms with van der Waals surface area (Å²) in [7, 11) is -7.32. The molecule has 25 aliphatic heterocycles. The number of carbonyl (C=O) groups is 2. The largest absolute Gasteiger partial charge is 0.394 e. The van der Waals surface area contributed by atoms with E-state index in [-0.39, 0.29) is 81.3 Å². The maximum absolute atomic E-state index is 11.8. The number of carbonyl (C=O) groups excluding carboxylic acids is 2. The lowest BCUT2D eigenvalue weighted by atomic mass is 9.88. The molecule has 0 radical (unpaired) electrons. The number of rotatable bonds is 28. The first-order chi connectivity index (χ1) is 64.6. The molecule has 25 fully saturated rings. The first-order valence-electron chi connectivity index (χ1n) is 47.0. The Morgan fingerprint density at radius 3 is 0.964 bits per heavy atom. The first kappa shape index (κ1) is 124. The number of hydrogen-bond donors (Lipinski definition) is 28. The number of amides is 2. The van der Waals surface area contributed by atoms with Gasteiger partial charge in [0.15, 0.2) is 44.0 Å². The third-order valence-electron chi connectivity index (χ3n) is 25.4. The molecular formula is C85H159N3O48S2. The Kier molecular flexibility index (Phi) is 51.2. The molecule has 138 heavy (non-hydrogen) atoms. The van der Waals surface area contributed by atoms with Crippen molar-refractivity contribution in [1.29, 1.82) is 0 Å². The topological polar surface area (TPSA) is 803 Å². The molecule has 2 amide bonds. The third kappa shape index (κ3) is 33.6. The van der Waals surface area contributed by atoms with Crippen molar-refractivity contribution in [1.82, 2.24) is 15.5 Å². The molecule has 25 saturated heterocycles. The van der Waals surface area contributed by atoms with Crippen molar-refractivity contribution in [2.45, 2.75) is 411 Å². The van der Waals surface area contributed by atoms with Gasteiger partial charge in [-0.15, -0.1) is 0 Å². The molecule has 814 valence electrons. The summed E-state index contributed by atoms with van der Waals surface area (Å²) in [4.78, 5) is 25.0. The monoisotopic (exact) mass is 2050 g/mol. The second kappa shape index (κ2) is 57.0. The van der Waals surface area contributed by atoms with Crippen LogP contribution < -0.4 is 10.6 Å². The second-order valence-electron chi connectivity index (χ2n) is 38.1. The molecule has 0 aliphatic carbocycles. The number of aliphatic hydroxyl groups is 25. The van der Waals surface area contributed by atoms with Crippen LogP contribution in [-0.4, -0.2) is 525 Å². The fourth-order valence-electron chi connectivity index (χ4n) is 17.1. The van der Waals surface area contributed by atoms with Crippen LogP contribution in [0.5, 0.6) is 0 Å². The van der Waals surface area contributed by atoms with Crippen LogP contribution in [0.1, 0.15) is 135 Å². The number of ether oxygens (including phenoxy) is 16. The van der Waals surface area contributed by atoms with Gasteiger partial charge in [-0.3, -0.25) is 19.0 Å².